The molecule has 0 spiro atoms. The molecule has 3 nitrogen and oxygen atoms in total. The number of hydrogen-bond acceptors (Lipinski definition) is 3. The minimum Gasteiger partial charge on any atom is -0.459 e. The van der Waals surface area contributed by atoms with Gasteiger partial charge in [0, 0.05) is 18.9 Å². The van der Waals surface area contributed by atoms with Gasteiger partial charge in [0.1, 0.15) is 5.60 Å². The van der Waals surface area contributed by atoms with E-state index in [1.54, 1.807) is 7.11 Å². The van der Waals surface area contributed by atoms with E-state index in [1.807, 2.05) is 34.6 Å². The topological polar surface area (TPSA) is 35.5 Å². The zero-order chi connectivity index (χ0) is 13.9. The molecule has 1 unspecified atom stereocenters. The van der Waals surface area contributed by atoms with Gasteiger partial charge in [0.25, 0.3) is 0 Å². The maximum atomic E-state index is 11.5. The van der Waals surface area contributed by atoms with E-state index in [2.05, 4.69) is 13.8 Å². The van der Waals surface area contributed by atoms with Gasteiger partial charge in [-0.15, -0.1) is 0 Å². The summed E-state index contributed by atoms with van der Waals surface area (Å²) in [6, 6.07) is 0. The number of carbonyl (C=O) groups excluding carboxylic acids is 1. The number of methoxy groups -OCH3 is 1. The van der Waals surface area contributed by atoms with Crippen LogP contribution in [0, 0.1) is 5.41 Å². The van der Waals surface area contributed by atoms with E-state index in [1.165, 1.54) is 0 Å². The molecule has 0 aliphatic rings. The van der Waals surface area contributed by atoms with Gasteiger partial charge in [0.15, 0.2) is 0 Å². The summed E-state index contributed by atoms with van der Waals surface area (Å²) in [5, 5.41) is 0. The average Bonchev–Trinajstić information content (AvgIpc) is 2.26. The molecular formula is C18H44O3. The first-order chi connectivity index (χ1) is 7.58. The second kappa shape index (κ2) is 11.1. The first-order valence-corrected chi connectivity index (χ1v) is 6.35. The molecule has 134 valence electrons. The van der Waals surface area contributed by atoms with Crippen LogP contribution in [0.2, 0.25) is 0 Å². The molecule has 0 aromatic rings. The van der Waals surface area contributed by atoms with E-state index in [9.17, 15) is 4.79 Å². The monoisotopic (exact) mass is 308 g/mol. The van der Waals surface area contributed by atoms with Gasteiger partial charge in [0.05, 0.1) is 5.60 Å². The summed E-state index contributed by atoms with van der Waals surface area (Å²) in [4.78, 5) is 11.5. The fourth-order valence-electron chi connectivity index (χ4n) is 2.27. The van der Waals surface area contributed by atoms with Gasteiger partial charge in [-0.3, -0.25) is 4.79 Å². The highest BCUT2D eigenvalue weighted by atomic mass is 16.6. The van der Waals surface area contributed by atoms with Crippen molar-refractivity contribution in [2.45, 2.75) is 102 Å². The lowest BCUT2D eigenvalue weighted by Crippen LogP contribution is -2.57. The van der Waals surface area contributed by atoms with E-state index in [0.717, 1.165) is 6.42 Å². The summed E-state index contributed by atoms with van der Waals surface area (Å²) in [5.41, 5.74) is -1.17. The molecule has 0 N–H and O–H groups in total. The normalized spacial score (nSPS) is 13.3. The molecular weight excluding hydrogens is 264 g/mol. The van der Waals surface area contributed by atoms with Crippen molar-refractivity contribution < 1.29 is 14.3 Å². The molecule has 0 rings (SSSR count). The van der Waals surface area contributed by atoms with Gasteiger partial charge in [-0.05, 0) is 34.1 Å². The van der Waals surface area contributed by atoms with Gasteiger partial charge in [0.2, 0.25) is 0 Å². The highest BCUT2D eigenvalue weighted by Crippen LogP contribution is 2.47. The largest absolute Gasteiger partial charge is 0.459 e. The summed E-state index contributed by atoms with van der Waals surface area (Å²) in [6.07, 6.45) is 1.27. The van der Waals surface area contributed by atoms with Gasteiger partial charge >= 0.3 is 5.97 Å². The maximum Gasteiger partial charge on any atom is 0.306 e. The van der Waals surface area contributed by atoms with Crippen molar-refractivity contribution in [2.24, 2.45) is 5.41 Å². The van der Waals surface area contributed by atoms with Crippen LogP contribution in [-0.2, 0) is 14.3 Å². The van der Waals surface area contributed by atoms with Crippen molar-refractivity contribution in [3.63, 3.8) is 0 Å². The fraction of sp³-hybridized carbons (Fsp3) is 0.944. The minimum atomic E-state index is -0.561. The summed E-state index contributed by atoms with van der Waals surface area (Å²) in [5.74, 6) is -0.165. The Balaban J connectivity index is -0.000000213. The van der Waals surface area contributed by atoms with E-state index >= 15 is 0 Å². The number of esters is 1. The third-order valence-corrected chi connectivity index (χ3v) is 4.53. The van der Waals surface area contributed by atoms with Gasteiger partial charge in [-0.25, -0.2) is 0 Å². The second-order valence-electron chi connectivity index (χ2n) is 5.74. The maximum absolute atomic E-state index is 11.5. The van der Waals surface area contributed by atoms with E-state index in [-0.39, 0.29) is 46.7 Å². The van der Waals surface area contributed by atoms with Crippen molar-refractivity contribution in [3.05, 3.63) is 0 Å². The molecule has 0 saturated heterocycles. The van der Waals surface area contributed by atoms with Crippen LogP contribution in [-0.4, -0.2) is 24.3 Å². The molecule has 3 heteroatoms. The Morgan fingerprint density at radius 3 is 1.48 bits per heavy atom. The van der Waals surface area contributed by atoms with Crippen molar-refractivity contribution in [1.29, 1.82) is 0 Å². The van der Waals surface area contributed by atoms with E-state index in [4.69, 9.17) is 9.47 Å². The molecule has 0 fully saturated rings. The van der Waals surface area contributed by atoms with Crippen LogP contribution in [0.25, 0.3) is 0 Å². The highest BCUT2D eigenvalue weighted by Gasteiger charge is 2.53. The Kier molecular flexibility index (Phi) is 17.1. The van der Waals surface area contributed by atoms with Crippen LogP contribution in [0.4, 0.5) is 0 Å². The Hall–Kier alpha value is -0.570. The van der Waals surface area contributed by atoms with Gasteiger partial charge < -0.3 is 9.47 Å². The van der Waals surface area contributed by atoms with Crippen molar-refractivity contribution in [1.82, 2.24) is 0 Å². The quantitative estimate of drug-likeness (QED) is 0.556. The fourth-order valence-corrected chi connectivity index (χ4v) is 2.27. The second-order valence-corrected chi connectivity index (χ2v) is 5.74. The lowest BCUT2D eigenvalue weighted by molar-refractivity contribution is -0.202. The summed E-state index contributed by atoms with van der Waals surface area (Å²) in [7, 11) is 1.70. The predicted molar refractivity (Wildman–Crippen MR) is 96.9 cm³/mol. The molecule has 0 heterocycles. The average molecular weight is 309 g/mol. The zero-order valence-corrected chi connectivity index (χ0v) is 12.6. The van der Waals surface area contributed by atoms with Crippen LogP contribution in [0.3, 0.4) is 0 Å². The Morgan fingerprint density at radius 2 is 1.24 bits per heavy atom. The number of rotatable bonds is 6. The Morgan fingerprint density at radius 1 is 0.857 bits per heavy atom. The molecule has 0 radical (unpaired) electrons. The predicted octanol–water partition coefficient (Wildman–Crippen LogP) is 6.10. The zero-order valence-electron chi connectivity index (χ0n) is 12.6. The van der Waals surface area contributed by atoms with Crippen molar-refractivity contribution >= 4 is 5.97 Å². The van der Waals surface area contributed by atoms with Crippen molar-refractivity contribution in [2.75, 3.05) is 7.11 Å². The summed E-state index contributed by atoms with van der Waals surface area (Å²) >= 11 is 0. The smallest absolute Gasteiger partial charge is 0.306 e. The molecule has 0 aliphatic carbocycles. The molecule has 0 aliphatic heterocycles. The van der Waals surface area contributed by atoms with E-state index in [0.29, 0.717) is 6.42 Å². The first kappa shape index (κ1) is 32.4. The summed E-state index contributed by atoms with van der Waals surface area (Å²) < 4.78 is 11.2. The molecule has 1 atom stereocenters. The highest BCUT2D eigenvalue weighted by molar-refractivity contribution is 5.69. The van der Waals surface area contributed by atoms with Crippen LogP contribution in [0.5, 0.6) is 0 Å². The molecule has 0 aromatic heterocycles. The molecule has 21 heavy (non-hydrogen) atoms. The third kappa shape index (κ3) is 6.37. The van der Waals surface area contributed by atoms with Gasteiger partial charge in [-0.2, -0.15) is 0 Å². The molecule has 0 aromatic carbocycles. The minimum absolute atomic E-state index is 0. The van der Waals surface area contributed by atoms with E-state index < -0.39 is 5.60 Å². The molecule has 0 bridgehead atoms. The summed E-state index contributed by atoms with van der Waals surface area (Å²) in [6.45, 7) is 14.0. The lowest BCUT2D eigenvalue weighted by atomic mass is 9.63. The lowest BCUT2D eigenvalue weighted by Gasteiger charge is -2.51. The standard InChI is InChI=1S/C14H28O3.4CH4/c1-9-11(15)17-13(5,6)14(7,10-2)12(3,4)16-8;;;;/h9-10H2,1-8H3;4*1H4. The van der Waals surface area contributed by atoms with Crippen molar-refractivity contribution in [3.8, 4) is 0 Å². The Bertz CT molecular complexity index is 270. The number of hydrogen-bond donors (Lipinski definition) is 0. The number of ether oxygens (including phenoxy) is 2. The van der Waals surface area contributed by atoms with Crippen LogP contribution >= 0.6 is 0 Å². The molecule has 0 amide bonds. The molecule has 0 saturated carbocycles. The first-order valence-electron chi connectivity index (χ1n) is 6.35. The number of carbonyl (C=O) groups is 1. The van der Waals surface area contributed by atoms with Gasteiger partial charge in [-0.1, -0.05) is 50.5 Å². The van der Waals surface area contributed by atoms with Crippen LogP contribution < -0.4 is 0 Å². The SMILES string of the molecule is C.C.C.C.CCC(=O)OC(C)(C)C(C)(CC)C(C)(C)OC. The third-order valence-electron chi connectivity index (χ3n) is 4.53. The Labute approximate surface area is 135 Å². The van der Waals surface area contributed by atoms with Crippen LogP contribution in [0.15, 0.2) is 0 Å². The van der Waals surface area contributed by atoms with Crippen LogP contribution in [0.1, 0.15) is 91.0 Å².